The number of nitroso groups, excluding NO2 is 1. The Labute approximate surface area is 134 Å². The number of hydrogen-bond donors (Lipinski definition) is 2. The summed E-state index contributed by atoms with van der Waals surface area (Å²) in [6, 6.07) is 8.41. The van der Waals surface area contributed by atoms with Crippen molar-refractivity contribution in [1.29, 1.82) is 0 Å². The van der Waals surface area contributed by atoms with Crippen molar-refractivity contribution in [3.05, 3.63) is 40.8 Å². The summed E-state index contributed by atoms with van der Waals surface area (Å²) in [5.41, 5.74) is -1.16. The molecule has 22 heavy (non-hydrogen) atoms. The Morgan fingerprint density at radius 1 is 1.36 bits per heavy atom. The average molecular weight is 329 g/mol. The molecule has 6 nitrogen and oxygen atoms in total. The van der Waals surface area contributed by atoms with Crippen molar-refractivity contribution < 1.29 is 14.6 Å². The maximum absolute atomic E-state index is 11.9. The summed E-state index contributed by atoms with van der Waals surface area (Å²) in [6.07, 6.45) is -1.73. The number of benzene rings is 1. The molecular formula is C15H21ClN2O4. The zero-order valence-corrected chi connectivity index (χ0v) is 13.6. The number of halogens is 1. The Kier molecular flexibility index (Phi) is 6.77. The highest BCUT2D eigenvalue weighted by atomic mass is 35.5. The highest BCUT2D eigenvalue weighted by molar-refractivity contribution is 6.20. The zero-order chi connectivity index (χ0) is 16.8. The number of aliphatic hydroxyl groups is 1. The summed E-state index contributed by atoms with van der Waals surface area (Å²) >= 11 is 5.67. The number of alkyl carbamates (subject to hydrolysis) is 1. The minimum Gasteiger partial charge on any atom is -0.444 e. The molecular weight excluding hydrogens is 308 g/mol. The van der Waals surface area contributed by atoms with Gasteiger partial charge in [-0.2, -0.15) is 0 Å². The fourth-order valence-corrected chi connectivity index (χ4v) is 2.01. The maximum Gasteiger partial charge on any atom is 0.407 e. The molecule has 0 radical (unpaired) electrons. The molecule has 3 atom stereocenters. The Bertz CT molecular complexity index is 490. The van der Waals surface area contributed by atoms with Gasteiger partial charge < -0.3 is 15.2 Å². The van der Waals surface area contributed by atoms with Crippen LogP contribution in [0.3, 0.4) is 0 Å². The standard InChI is InChI=1S/C15H21ClN2O4/c1-15(2,3)22-14(20)17-11(12(19)13(16)18-21)9-10-7-5-4-6-8-10/h4-8,11-13,19H,9H2,1-3H3,(H,17,20). The number of ether oxygens (including phenoxy) is 1. The third-order valence-electron chi connectivity index (χ3n) is 2.80. The van der Waals surface area contributed by atoms with Crippen LogP contribution < -0.4 is 5.32 Å². The summed E-state index contributed by atoms with van der Waals surface area (Å²) in [7, 11) is 0. The number of rotatable bonds is 6. The van der Waals surface area contributed by atoms with Crippen LogP contribution in [0, 0.1) is 4.91 Å². The van der Waals surface area contributed by atoms with E-state index in [4.69, 9.17) is 16.3 Å². The number of hydrogen-bond acceptors (Lipinski definition) is 5. The van der Waals surface area contributed by atoms with Crippen molar-refractivity contribution in [2.45, 2.75) is 50.4 Å². The molecule has 1 aromatic carbocycles. The van der Waals surface area contributed by atoms with Gasteiger partial charge in [-0.1, -0.05) is 41.9 Å². The molecule has 122 valence electrons. The largest absolute Gasteiger partial charge is 0.444 e. The van der Waals surface area contributed by atoms with Crippen LogP contribution in [-0.4, -0.2) is 34.4 Å². The first-order valence-electron chi connectivity index (χ1n) is 6.91. The smallest absolute Gasteiger partial charge is 0.407 e. The summed E-state index contributed by atoms with van der Waals surface area (Å²) in [4.78, 5) is 22.4. The molecule has 0 aromatic heterocycles. The molecule has 2 N–H and O–H groups in total. The van der Waals surface area contributed by atoms with Crippen LogP contribution in [0.1, 0.15) is 26.3 Å². The molecule has 0 aliphatic carbocycles. The second kappa shape index (κ2) is 8.10. The molecule has 3 unspecified atom stereocenters. The van der Waals surface area contributed by atoms with E-state index in [9.17, 15) is 14.8 Å². The van der Waals surface area contributed by atoms with E-state index in [1.165, 1.54) is 0 Å². The van der Waals surface area contributed by atoms with Crippen LogP contribution >= 0.6 is 11.6 Å². The van der Waals surface area contributed by atoms with E-state index in [2.05, 4.69) is 10.5 Å². The fraction of sp³-hybridized carbons (Fsp3) is 0.533. The third-order valence-corrected chi connectivity index (χ3v) is 3.13. The number of amides is 1. The number of aliphatic hydroxyl groups excluding tert-OH is 1. The van der Waals surface area contributed by atoms with Gasteiger partial charge in [-0.05, 0) is 37.9 Å². The highest BCUT2D eigenvalue weighted by Crippen LogP contribution is 2.15. The van der Waals surface area contributed by atoms with Crippen molar-refractivity contribution >= 4 is 17.7 Å². The molecule has 0 spiro atoms. The molecule has 1 rings (SSSR count). The van der Waals surface area contributed by atoms with Gasteiger partial charge in [0.1, 0.15) is 11.7 Å². The van der Waals surface area contributed by atoms with Gasteiger partial charge in [0, 0.05) is 0 Å². The molecule has 0 bridgehead atoms. The van der Waals surface area contributed by atoms with Crippen molar-refractivity contribution in [1.82, 2.24) is 5.32 Å². The van der Waals surface area contributed by atoms with Crippen LogP contribution in [0.4, 0.5) is 4.79 Å². The minimum absolute atomic E-state index is 0.292. The predicted octanol–water partition coefficient (Wildman–Crippen LogP) is 2.81. The molecule has 0 saturated heterocycles. The predicted molar refractivity (Wildman–Crippen MR) is 84.7 cm³/mol. The third kappa shape index (κ3) is 6.41. The van der Waals surface area contributed by atoms with E-state index in [0.29, 0.717) is 6.42 Å². The zero-order valence-electron chi connectivity index (χ0n) is 12.8. The summed E-state index contributed by atoms with van der Waals surface area (Å²) in [6.45, 7) is 5.19. The first kappa shape index (κ1) is 18.4. The topological polar surface area (TPSA) is 88.0 Å². The van der Waals surface area contributed by atoms with Crippen LogP contribution in [0.15, 0.2) is 35.5 Å². The number of alkyl halides is 1. The van der Waals surface area contributed by atoms with Crippen molar-refractivity contribution in [2.75, 3.05) is 0 Å². The Morgan fingerprint density at radius 3 is 2.45 bits per heavy atom. The molecule has 0 heterocycles. The van der Waals surface area contributed by atoms with Crippen molar-refractivity contribution in [3.63, 3.8) is 0 Å². The van der Waals surface area contributed by atoms with Crippen LogP contribution in [0.5, 0.6) is 0 Å². The van der Waals surface area contributed by atoms with Gasteiger partial charge >= 0.3 is 6.09 Å². The average Bonchev–Trinajstić information content (AvgIpc) is 2.44. The quantitative estimate of drug-likeness (QED) is 0.477. The van der Waals surface area contributed by atoms with Crippen molar-refractivity contribution in [2.24, 2.45) is 5.18 Å². The molecule has 0 saturated carbocycles. The normalized spacial score (nSPS) is 15.5. The van der Waals surface area contributed by atoms with Gasteiger partial charge in [0.15, 0.2) is 5.50 Å². The molecule has 1 amide bonds. The maximum atomic E-state index is 11.9. The number of nitrogens with zero attached hydrogens (tertiary/aromatic N) is 1. The molecule has 0 aliphatic heterocycles. The van der Waals surface area contributed by atoms with Crippen LogP contribution in [0.2, 0.25) is 0 Å². The van der Waals surface area contributed by atoms with E-state index < -0.39 is 29.3 Å². The number of carbonyl (C=O) groups is 1. The van der Waals surface area contributed by atoms with E-state index in [0.717, 1.165) is 5.56 Å². The Balaban J connectivity index is 2.82. The molecule has 7 heteroatoms. The lowest BCUT2D eigenvalue weighted by Crippen LogP contribution is -2.49. The Hall–Kier alpha value is -1.66. The van der Waals surface area contributed by atoms with Crippen LogP contribution in [-0.2, 0) is 11.2 Å². The van der Waals surface area contributed by atoms with E-state index in [1.807, 2.05) is 30.3 Å². The highest BCUT2D eigenvalue weighted by Gasteiger charge is 2.30. The SMILES string of the molecule is CC(C)(C)OC(=O)NC(Cc1ccccc1)C(O)C(Cl)N=O. The van der Waals surface area contributed by atoms with E-state index in [-0.39, 0.29) is 0 Å². The summed E-state index contributed by atoms with van der Waals surface area (Å²) in [5.74, 6) is 0. The number of nitrogens with one attached hydrogen (secondary N) is 1. The van der Waals surface area contributed by atoms with Gasteiger partial charge in [-0.3, -0.25) is 0 Å². The lowest BCUT2D eigenvalue weighted by Gasteiger charge is -2.27. The summed E-state index contributed by atoms with van der Waals surface area (Å²) < 4.78 is 5.16. The van der Waals surface area contributed by atoms with E-state index >= 15 is 0 Å². The fourth-order valence-electron chi connectivity index (χ4n) is 1.84. The second-order valence-electron chi connectivity index (χ2n) is 5.91. The Morgan fingerprint density at radius 2 is 1.95 bits per heavy atom. The number of carbonyl (C=O) groups excluding carboxylic acids is 1. The van der Waals surface area contributed by atoms with E-state index in [1.54, 1.807) is 20.8 Å². The lowest BCUT2D eigenvalue weighted by molar-refractivity contribution is 0.0420. The second-order valence-corrected chi connectivity index (χ2v) is 6.36. The van der Waals surface area contributed by atoms with Gasteiger partial charge in [-0.25, -0.2) is 4.79 Å². The lowest BCUT2D eigenvalue weighted by atomic mass is 10.0. The van der Waals surface area contributed by atoms with Gasteiger partial charge in [0.25, 0.3) is 0 Å². The van der Waals surface area contributed by atoms with Crippen LogP contribution in [0.25, 0.3) is 0 Å². The monoisotopic (exact) mass is 328 g/mol. The van der Waals surface area contributed by atoms with Gasteiger partial charge in [-0.15, -0.1) is 4.91 Å². The van der Waals surface area contributed by atoms with Gasteiger partial charge in [0.2, 0.25) is 0 Å². The molecule has 0 fully saturated rings. The molecule has 1 aromatic rings. The van der Waals surface area contributed by atoms with Crippen molar-refractivity contribution in [3.8, 4) is 0 Å². The first-order chi connectivity index (χ1) is 10.2. The first-order valence-corrected chi connectivity index (χ1v) is 7.34. The van der Waals surface area contributed by atoms with Gasteiger partial charge in [0.05, 0.1) is 6.04 Å². The molecule has 0 aliphatic rings. The summed E-state index contributed by atoms with van der Waals surface area (Å²) in [5, 5.41) is 15.2. The minimum atomic E-state index is -1.36.